The van der Waals surface area contributed by atoms with Gasteiger partial charge in [-0.3, -0.25) is 4.90 Å². The van der Waals surface area contributed by atoms with E-state index < -0.39 is 29.8 Å². The van der Waals surface area contributed by atoms with Gasteiger partial charge in [0.1, 0.15) is 11.6 Å². The van der Waals surface area contributed by atoms with Crippen molar-refractivity contribution in [3.63, 3.8) is 0 Å². The Hall–Kier alpha value is -2.08. The lowest BCUT2D eigenvalue weighted by Crippen LogP contribution is -2.44. The molecule has 1 aliphatic heterocycles. The molecule has 1 heterocycles. The highest BCUT2D eigenvalue weighted by Crippen LogP contribution is 2.22. The van der Waals surface area contributed by atoms with Crippen molar-refractivity contribution >= 4 is 12.1 Å². The lowest BCUT2D eigenvalue weighted by atomic mass is 10.1. The number of ether oxygens (including phenoxy) is 2. The number of aryl methyl sites for hydroxylation is 1. The van der Waals surface area contributed by atoms with Crippen molar-refractivity contribution in [3.05, 3.63) is 35.9 Å². The van der Waals surface area contributed by atoms with Gasteiger partial charge in [-0.1, -0.05) is 30.3 Å². The van der Waals surface area contributed by atoms with Gasteiger partial charge in [0.25, 0.3) is 0 Å². The number of rotatable bonds is 5. The molecule has 1 saturated heterocycles. The molecule has 1 aliphatic rings. The molecule has 1 amide bonds. The lowest BCUT2D eigenvalue weighted by Gasteiger charge is -2.27. The summed E-state index contributed by atoms with van der Waals surface area (Å²) in [6.45, 7) is 5.64. The van der Waals surface area contributed by atoms with Gasteiger partial charge in [0.2, 0.25) is 0 Å². The van der Waals surface area contributed by atoms with Crippen LogP contribution < -0.4 is 0 Å². The molecule has 1 fully saturated rings. The maximum atomic E-state index is 12.3. The Kier molecular flexibility index (Phi) is 6.42. The smallest absolute Gasteiger partial charge is 0.411 e. The zero-order valence-corrected chi connectivity index (χ0v) is 15.1. The zero-order valence-electron chi connectivity index (χ0n) is 15.1. The van der Waals surface area contributed by atoms with Crippen LogP contribution in [0.15, 0.2) is 30.3 Å². The Morgan fingerprint density at radius 2 is 1.92 bits per heavy atom. The molecule has 0 spiro atoms. The monoisotopic (exact) mass is 349 g/mol. The van der Waals surface area contributed by atoms with Crippen molar-refractivity contribution < 1.29 is 24.2 Å². The molecule has 0 aliphatic carbocycles. The third-order valence-electron chi connectivity index (χ3n) is 3.88. The van der Waals surface area contributed by atoms with Crippen LogP contribution in [-0.2, 0) is 20.7 Å². The predicted octanol–water partition coefficient (Wildman–Crippen LogP) is 2.53. The first-order valence-electron chi connectivity index (χ1n) is 8.64. The van der Waals surface area contributed by atoms with Gasteiger partial charge in [-0.15, -0.1) is 0 Å². The van der Waals surface area contributed by atoms with Crippen LogP contribution in [0.5, 0.6) is 0 Å². The van der Waals surface area contributed by atoms with Crippen LogP contribution >= 0.6 is 0 Å². The van der Waals surface area contributed by atoms with E-state index in [0.717, 1.165) is 6.42 Å². The first-order chi connectivity index (χ1) is 11.8. The molecule has 0 bridgehead atoms. The van der Waals surface area contributed by atoms with Gasteiger partial charge in [-0.25, -0.2) is 9.59 Å². The molecular weight excluding hydrogens is 322 g/mol. The summed E-state index contributed by atoms with van der Waals surface area (Å²) < 4.78 is 10.6. The number of nitrogens with zero attached hydrogens (tertiary/aromatic N) is 1. The van der Waals surface area contributed by atoms with Crippen LogP contribution in [0.25, 0.3) is 0 Å². The minimum atomic E-state index is -0.790. The number of amides is 1. The van der Waals surface area contributed by atoms with E-state index in [1.54, 1.807) is 20.8 Å². The maximum Gasteiger partial charge on any atom is 0.411 e. The van der Waals surface area contributed by atoms with E-state index in [9.17, 15) is 14.7 Å². The van der Waals surface area contributed by atoms with Crippen molar-refractivity contribution in [1.29, 1.82) is 0 Å². The van der Waals surface area contributed by atoms with Gasteiger partial charge in [-0.2, -0.15) is 0 Å². The Bertz CT molecular complexity index is 581. The van der Waals surface area contributed by atoms with E-state index in [4.69, 9.17) is 9.47 Å². The highest BCUT2D eigenvalue weighted by molar-refractivity contribution is 5.82. The number of aliphatic hydroxyl groups excluding tert-OH is 1. The quantitative estimate of drug-likeness (QED) is 0.653. The standard InChI is InChI=1S/C19H27NO5/c1-19(2,3)25-18(23)20-13-15(21)12-16(20)17(22)24-11-7-10-14-8-5-4-6-9-14/h4-6,8-9,15-16,21H,7,10-13H2,1-3H3/t15-,16?/m0/s1. The van der Waals surface area contributed by atoms with Gasteiger partial charge in [0, 0.05) is 6.42 Å². The average molecular weight is 349 g/mol. The molecule has 25 heavy (non-hydrogen) atoms. The zero-order chi connectivity index (χ0) is 18.4. The van der Waals surface area contributed by atoms with Crippen molar-refractivity contribution in [1.82, 2.24) is 4.90 Å². The molecule has 2 atom stereocenters. The fourth-order valence-corrected chi connectivity index (χ4v) is 2.75. The first-order valence-corrected chi connectivity index (χ1v) is 8.64. The van der Waals surface area contributed by atoms with Crippen molar-refractivity contribution in [2.24, 2.45) is 0 Å². The van der Waals surface area contributed by atoms with E-state index in [2.05, 4.69) is 0 Å². The van der Waals surface area contributed by atoms with Gasteiger partial charge in [-0.05, 0) is 39.2 Å². The summed E-state index contributed by atoms with van der Waals surface area (Å²) >= 11 is 0. The van der Waals surface area contributed by atoms with Gasteiger partial charge in [0.15, 0.2) is 0 Å². The first kappa shape index (κ1) is 19.2. The number of β-amino-alcohol motifs (C(OH)–C–C–N with tert-alkyl or cyclic N) is 1. The van der Waals surface area contributed by atoms with Crippen LogP contribution in [0, 0.1) is 0 Å². The number of carbonyl (C=O) groups is 2. The summed E-state index contributed by atoms with van der Waals surface area (Å²) in [6, 6.07) is 9.17. The summed E-state index contributed by atoms with van der Waals surface area (Å²) in [7, 11) is 0. The normalized spacial score (nSPS) is 20.4. The molecular formula is C19H27NO5. The van der Waals surface area contributed by atoms with Crippen LogP contribution in [0.3, 0.4) is 0 Å². The predicted molar refractivity (Wildman–Crippen MR) is 93.1 cm³/mol. The van der Waals surface area contributed by atoms with Crippen molar-refractivity contribution in [2.45, 2.75) is 57.8 Å². The van der Waals surface area contributed by atoms with Crippen molar-refractivity contribution in [2.75, 3.05) is 13.2 Å². The molecule has 138 valence electrons. The minimum Gasteiger partial charge on any atom is -0.464 e. The molecule has 1 N–H and O–H groups in total. The number of aliphatic hydroxyl groups is 1. The second-order valence-electron chi connectivity index (χ2n) is 7.29. The fraction of sp³-hybridized carbons (Fsp3) is 0.579. The van der Waals surface area contributed by atoms with E-state index >= 15 is 0 Å². The van der Waals surface area contributed by atoms with E-state index in [0.29, 0.717) is 6.42 Å². The van der Waals surface area contributed by atoms with Gasteiger partial charge >= 0.3 is 12.1 Å². The number of likely N-dealkylation sites (tertiary alicyclic amines) is 1. The van der Waals surface area contributed by atoms with E-state index in [-0.39, 0.29) is 19.6 Å². The van der Waals surface area contributed by atoms with Gasteiger partial charge in [0.05, 0.1) is 19.3 Å². The Morgan fingerprint density at radius 3 is 2.56 bits per heavy atom. The molecule has 0 radical (unpaired) electrons. The minimum absolute atomic E-state index is 0.0820. The number of benzene rings is 1. The second-order valence-corrected chi connectivity index (χ2v) is 7.29. The third kappa shape index (κ3) is 6.05. The molecule has 1 aromatic rings. The van der Waals surface area contributed by atoms with Crippen LogP contribution in [-0.4, -0.2) is 53.0 Å². The summed E-state index contributed by atoms with van der Waals surface area (Å²) in [4.78, 5) is 25.8. The number of hydrogen-bond donors (Lipinski definition) is 1. The van der Waals surface area contributed by atoms with Crippen LogP contribution in [0.4, 0.5) is 4.79 Å². The Labute approximate surface area is 148 Å². The SMILES string of the molecule is CC(C)(C)OC(=O)N1C[C@@H](O)CC1C(=O)OCCCc1ccccc1. The molecule has 0 saturated carbocycles. The maximum absolute atomic E-state index is 12.3. The van der Waals surface area contributed by atoms with E-state index in [1.165, 1.54) is 10.5 Å². The highest BCUT2D eigenvalue weighted by Gasteiger charge is 2.41. The summed E-state index contributed by atoms with van der Waals surface area (Å²) in [5, 5.41) is 9.83. The van der Waals surface area contributed by atoms with Crippen LogP contribution in [0.1, 0.15) is 39.2 Å². The number of esters is 1. The Balaban J connectivity index is 1.83. The number of hydrogen-bond acceptors (Lipinski definition) is 5. The summed E-state index contributed by atoms with van der Waals surface area (Å²) in [6.07, 6.45) is 0.357. The largest absolute Gasteiger partial charge is 0.464 e. The second kappa shape index (κ2) is 8.34. The average Bonchev–Trinajstić information content (AvgIpc) is 2.93. The summed E-state index contributed by atoms with van der Waals surface area (Å²) in [5.74, 6) is -0.490. The van der Waals surface area contributed by atoms with E-state index in [1.807, 2.05) is 30.3 Å². The summed E-state index contributed by atoms with van der Waals surface area (Å²) in [5.41, 5.74) is 0.527. The molecule has 1 unspecified atom stereocenters. The van der Waals surface area contributed by atoms with Crippen LogP contribution in [0.2, 0.25) is 0 Å². The molecule has 2 rings (SSSR count). The molecule has 6 nitrogen and oxygen atoms in total. The Morgan fingerprint density at radius 1 is 1.24 bits per heavy atom. The third-order valence-corrected chi connectivity index (χ3v) is 3.88. The van der Waals surface area contributed by atoms with Gasteiger partial charge < -0.3 is 14.6 Å². The highest BCUT2D eigenvalue weighted by atomic mass is 16.6. The number of carbonyl (C=O) groups excluding carboxylic acids is 2. The topological polar surface area (TPSA) is 76.1 Å². The molecule has 6 heteroatoms. The molecule has 0 aromatic heterocycles. The lowest BCUT2D eigenvalue weighted by molar-refractivity contribution is -0.149. The fourth-order valence-electron chi connectivity index (χ4n) is 2.75. The van der Waals surface area contributed by atoms with Crippen molar-refractivity contribution in [3.8, 4) is 0 Å². The molecule has 1 aromatic carbocycles.